The van der Waals surface area contributed by atoms with E-state index in [9.17, 15) is 23.1 Å². The van der Waals surface area contributed by atoms with Crippen molar-refractivity contribution < 1.29 is 32.3 Å². The molecule has 0 spiro atoms. The van der Waals surface area contributed by atoms with Gasteiger partial charge in [-0.2, -0.15) is 4.98 Å². The van der Waals surface area contributed by atoms with Crippen LogP contribution >= 0.6 is 0 Å². The van der Waals surface area contributed by atoms with Gasteiger partial charge in [0.05, 0.1) is 12.1 Å². The van der Waals surface area contributed by atoms with Gasteiger partial charge in [-0.3, -0.25) is 9.69 Å². The predicted octanol–water partition coefficient (Wildman–Crippen LogP) is 3.90. The molecular weight excluding hydrogens is 441 g/mol. The van der Waals surface area contributed by atoms with E-state index in [0.29, 0.717) is 36.7 Å². The molecule has 2 atom stereocenters. The summed E-state index contributed by atoms with van der Waals surface area (Å²) in [6, 6.07) is 12.2. The summed E-state index contributed by atoms with van der Waals surface area (Å²) in [6.45, 7) is 2.37. The average molecular weight is 462 g/mol. The number of benzene rings is 2. The predicted molar refractivity (Wildman–Crippen MR) is 111 cm³/mol. The molecule has 8 nitrogen and oxygen atoms in total. The van der Waals surface area contributed by atoms with Gasteiger partial charge in [0.25, 0.3) is 0 Å². The molecule has 0 aliphatic carbocycles. The Morgan fingerprint density at radius 3 is 2.55 bits per heavy atom. The number of halogens is 3. The fraction of sp³-hybridized carbons (Fsp3) is 0.318. The lowest BCUT2D eigenvalue weighted by molar-refractivity contribution is -0.274. The lowest BCUT2D eigenvalue weighted by Crippen LogP contribution is -2.24. The van der Waals surface area contributed by atoms with Gasteiger partial charge in [-0.05, 0) is 48.4 Å². The average Bonchev–Trinajstić information content (AvgIpc) is 3.35. The summed E-state index contributed by atoms with van der Waals surface area (Å²) in [4.78, 5) is 17.6. The van der Waals surface area contributed by atoms with Crippen LogP contribution in [0.2, 0.25) is 0 Å². The number of likely N-dealkylation sites (tertiary alicyclic amines) is 1. The fourth-order valence-electron chi connectivity index (χ4n) is 3.74. The molecule has 2 N–H and O–H groups in total. The maximum absolute atomic E-state index is 12.3. The van der Waals surface area contributed by atoms with Gasteiger partial charge in [-0.15, -0.1) is 13.2 Å². The first-order valence-corrected chi connectivity index (χ1v) is 10.1. The number of nitrogens with one attached hydrogen (secondary N) is 1. The summed E-state index contributed by atoms with van der Waals surface area (Å²) in [6.07, 6.45) is -4.93. The lowest BCUT2D eigenvalue weighted by atomic mass is 10.1. The van der Waals surface area contributed by atoms with Gasteiger partial charge in [-0.25, -0.2) is 0 Å². The van der Waals surface area contributed by atoms with Gasteiger partial charge >= 0.3 is 6.36 Å². The van der Waals surface area contributed by atoms with Crippen molar-refractivity contribution in [1.29, 1.82) is 0 Å². The summed E-state index contributed by atoms with van der Waals surface area (Å²) < 4.78 is 46.3. The van der Waals surface area contributed by atoms with E-state index in [-0.39, 0.29) is 23.5 Å². The molecule has 0 bridgehead atoms. The van der Waals surface area contributed by atoms with Crippen LogP contribution in [0, 0.1) is 0 Å². The molecule has 0 saturated carbocycles. The Morgan fingerprint density at radius 1 is 1.21 bits per heavy atom. The number of anilines is 1. The monoisotopic (exact) mass is 462 g/mol. The van der Waals surface area contributed by atoms with E-state index in [0.717, 1.165) is 5.56 Å². The first-order valence-electron chi connectivity index (χ1n) is 10.1. The summed E-state index contributed by atoms with van der Waals surface area (Å²) in [5.41, 5.74) is 2.14. The van der Waals surface area contributed by atoms with Crippen molar-refractivity contribution in [1.82, 2.24) is 15.0 Å². The zero-order valence-electron chi connectivity index (χ0n) is 17.5. The van der Waals surface area contributed by atoms with Crippen LogP contribution < -0.4 is 10.1 Å². The number of carbonyl (C=O) groups is 1. The molecule has 3 aromatic rings. The van der Waals surface area contributed by atoms with Gasteiger partial charge < -0.3 is 19.7 Å². The number of ether oxygens (including phenoxy) is 1. The zero-order valence-corrected chi connectivity index (χ0v) is 17.5. The van der Waals surface area contributed by atoms with Gasteiger partial charge in [0, 0.05) is 31.3 Å². The number of alkyl halides is 3. The Balaban J connectivity index is 1.46. The smallest absolute Gasteiger partial charge is 0.406 e. The summed E-state index contributed by atoms with van der Waals surface area (Å²) in [5, 5.41) is 16.9. The lowest BCUT2D eigenvalue weighted by Gasteiger charge is -2.21. The fourth-order valence-corrected chi connectivity index (χ4v) is 3.74. The third kappa shape index (κ3) is 5.88. The number of aliphatic hydroxyl groups is 1. The molecule has 0 radical (unpaired) electrons. The Labute approximate surface area is 187 Å². The number of aliphatic hydroxyl groups excluding tert-OH is 1. The normalized spacial score (nSPS) is 18.9. The van der Waals surface area contributed by atoms with Crippen molar-refractivity contribution in [2.24, 2.45) is 0 Å². The molecule has 2 aromatic carbocycles. The highest BCUT2D eigenvalue weighted by atomic mass is 19.4. The van der Waals surface area contributed by atoms with E-state index in [1.54, 1.807) is 12.1 Å². The van der Waals surface area contributed by atoms with Gasteiger partial charge in [-0.1, -0.05) is 17.3 Å². The van der Waals surface area contributed by atoms with Crippen LogP contribution in [0.5, 0.6) is 5.75 Å². The third-order valence-corrected chi connectivity index (χ3v) is 5.11. The highest BCUT2D eigenvalue weighted by Gasteiger charge is 2.36. The third-order valence-electron chi connectivity index (χ3n) is 5.11. The van der Waals surface area contributed by atoms with Crippen LogP contribution in [-0.2, 0) is 11.3 Å². The van der Waals surface area contributed by atoms with E-state index < -0.39 is 12.5 Å². The maximum Gasteiger partial charge on any atom is 0.573 e. The van der Waals surface area contributed by atoms with E-state index in [2.05, 4.69) is 20.2 Å². The molecule has 11 heteroatoms. The number of carbonyl (C=O) groups excluding carboxylic acids is 1. The van der Waals surface area contributed by atoms with Gasteiger partial charge in [0.1, 0.15) is 5.75 Å². The largest absolute Gasteiger partial charge is 0.573 e. The van der Waals surface area contributed by atoms with E-state index in [4.69, 9.17) is 4.52 Å². The number of aromatic nitrogens is 2. The molecule has 1 aliphatic heterocycles. The first kappa shape index (κ1) is 22.7. The highest BCUT2D eigenvalue weighted by Crippen LogP contribution is 2.34. The Hall–Kier alpha value is -3.44. The first-order chi connectivity index (χ1) is 15.7. The molecule has 0 unspecified atom stereocenters. The van der Waals surface area contributed by atoms with Crippen molar-refractivity contribution in [3.05, 3.63) is 60.0 Å². The van der Waals surface area contributed by atoms with Crippen LogP contribution in [0.25, 0.3) is 11.4 Å². The number of rotatable bonds is 6. The molecule has 1 fully saturated rings. The minimum atomic E-state index is -4.77. The molecule has 174 valence electrons. The molecule has 4 rings (SSSR count). The topological polar surface area (TPSA) is 101 Å². The van der Waals surface area contributed by atoms with Crippen molar-refractivity contribution in [2.45, 2.75) is 38.4 Å². The Morgan fingerprint density at radius 2 is 1.91 bits per heavy atom. The highest BCUT2D eigenvalue weighted by molar-refractivity contribution is 5.88. The number of β-amino-alcohol motifs (C(OH)–C–C–N with tert-alkyl or cyclic N) is 1. The van der Waals surface area contributed by atoms with Crippen molar-refractivity contribution in [2.75, 3.05) is 11.9 Å². The van der Waals surface area contributed by atoms with E-state index in [1.165, 1.54) is 31.2 Å². The maximum atomic E-state index is 12.3. The summed E-state index contributed by atoms with van der Waals surface area (Å²) >= 11 is 0. The number of hydrogen-bond acceptors (Lipinski definition) is 7. The molecule has 1 saturated heterocycles. The van der Waals surface area contributed by atoms with Gasteiger partial charge in [0.2, 0.25) is 17.6 Å². The van der Waals surface area contributed by atoms with Crippen LogP contribution in [0.3, 0.4) is 0 Å². The minimum Gasteiger partial charge on any atom is -0.406 e. The molecular formula is C22H21F3N4O4. The molecule has 1 amide bonds. The molecule has 1 aliphatic rings. The van der Waals surface area contributed by atoms with E-state index in [1.807, 2.05) is 17.0 Å². The SMILES string of the molecule is CC(=O)Nc1ccc(CN2C[C@H](O)C[C@H]2c2nc(-c3ccc(OC(F)(F)F)cc3)no2)cc1. The van der Waals surface area contributed by atoms with Gasteiger partial charge in [0.15, 0.2) is 0 Å². The van der Waals surface area contributed by atoms with Crippen LogP contribution in [0.4, 0.5) is 18.9 Å². The van der Waals surface area contributed by atoms with Crippen molar-refractivity contribution >= 4 is 11.6 Å². The van der Waals surface area contributed by atoms with Crippen molar-refractivity contribution in [3.8, 4) is 17.1 Å². The minimum absolute atomic E-state index is 0.153. The quantitative estimate of drug-likeness (QED) is 0.573. The second kappa shape index (κ2) is 9.20. The Bertz CT molecular complexity index is 1100. The summed E-state index contributed by atoms with van der Waals surface area (Å²) in [7, 11) is 0. The number of hydrogen-bond donors (Lipinski definition) is 2. The standard InChI is InChI=1S/C22H21F3N4O4/c1-13(30)26-16-6-2-14(3-7-16)11-29-12-17(31)10-19(29)21-27-20(28-33-21)15-4-8-18(9-5-15)32-22(23,24)25/h2-9,17,19,31H,10-12H2,1H3,(H,26,30)/t17-,19+/m1/s1. The molecule has 2 heterocycles. The van der Waals surface area contributed by atoms with Crippen LogP contribution in [0.1, 0.15) is 30.8 Å². The van der Waals surface area contributed by atoms with Crippen LogP contribution in [-0.4, -0.2) is 45.1 Å². The van der Waals surface area contributed by atoms with Crippen LogP contribution in [0.15, 0.2) is 53.1 Å². The number of nitrogens with zero attached hydrogens (tertiary/aromatic N) is 3. The molecule has 1 aromatic heterocycles. The van der Waals surface area contributed by atoms with E-state index >= 15 is 0 Å². The Kier molecular flexibility index (Phi) is 6.34. The number of amides is 1. The molecule has 33 heavy (non-hydrogen) atoms. The summed E-state index contributed by atoms with van der Waals surface area (Å²) in [5.74, 6) is 0.0429. The zero-order chi connectivity index (χ0) is 23.6. The second-order valence-corrected chi connectivity index (χ2v) is 7.74. The second-order valence-electron chi connectivity index (χ2n) is 7.74. The van der Waals surface area contributed by atoms with Crippen molar-refractivity contribution in [3.63, 3.8) is 0 Å².